The van der Waals surface area contributed by atoms with Crippen molar-refractivity contribution in [3.05, 3.63) is 72.9 Å². The summed E-state index contributed by atoms with van der Waals surface area (Å²) in [6.45, 7) is 4.82. The molecule has 0 heterocycles. The van der Waals surface area contributed by atoms with E-state index < -0.39 is 20.0 Å². The summed E-state index contributed by atoms with van der Waals surface area (Å²) in [6.07, 6.45) is 90.6. The van der Waals surface area contributed by atoms with Gasteiger partial charge in [0.25, 0.3) is 0 Å². The number of hydrogen-bond donors (Lipinski definition) is 3. The van der Waals surface area contributed by atoms with Crippen LogP contribution in [-0.2, 0) is 18.4 Å². The smallest absolute Gasteiger partial charge is 0.387 e. The number of likely N-dealkylation sites (N-methyl/N-ethyl adjacent to an activating group) is 1. The second-order valence-corrected chi connectivity index (χ2v) is 27.0. The second-order valence-electron chi connectivity index (χ2n) is 25.6. The molecule has 1 amide bonds. The third-order valence-corrected chi connectivity index (χ3v) is 17.1. The quantitative estimate of drug-likeness (QED) is 0.0243. The summed E-state index contributed by atoms with van der Waals surface area (Å²) in [5.41, 5.74) is 0. The minimum atomic E-state index is -4.37. The van der Waals surface area contributed by atoms with Gasteiger partial charge in [0, 0.05) is 6.42 Å². The van der Waals surface area contributed by atoms with Crippen LogP contribution < -0.4 is 5.32 Å². The molecule has 83 heavy (non-hydrogen) atoms. The van der Waals surface area contributed by atoms with Gasteiger partial charge in [-0.15, -0.1) is 0 Å². The molecule has 0 bridgehead atoms. The van der Waals surface area contributed by atoms with Gasteiger partial charge in [-0.25, -0.2) is 4.57 Å². The van der Waals surface area contributed by atoms with Gasteiger partial charge in [0.05, 0.1) is 39.9 Å². The first-order valence-electron chi connectivity index (χ1n) is 35.8. The Hall–Kier alpha value is -2.06. The molecule has 0 aromatic rings. The van der Waals surface area contributed by atoms with Crippen LogP contribution in [0.15, 0.2) is 72.9 Å². The van der Waals surface area contributed by atoms with E-state index in [2.05, 4.69) is 79.9 Å². The molecule has 3 N–H and O–H groups in total. The van der Waals surface area contributed by atoms with Crippen molar-refractivity contribution in [2.45, 2.75) is 353 Å². The van der Waals surface area contributed by atoms with E-state index in [1.165, 1.54) is 263 Å². The van der Waals surface area contributed by atoms with Crippen LogP contribution in [0, 0.1) is 0 Å². The van der Waals surface area contributed by atoms with E-state index in [1.54, 1.807) is 6.08 Å². The number of carbonyl (C=O) groups excluding carboxylic acids is 1. The number of phosphoric acid groups is 1. The molecule has 0 aliphatic carbocycles. The Kier molecular flexibility index (Phi) is 62.8. The van der Waals surface area contributed by atoms with E-state index >= 15 is 0 Å². The lowest BCUT2D eigenvalue weighted by Gasteiger charge is -2.25. The fourth-order valence-electron chi connectivity index (χ4n) is 10.6. The van der Waals surface area contributed by atoms with Crippen molar-refractivity contribution in [1.82, 2.24) is 5.32 Å². The van der Waals surface area contributed by atoms with Gasteiger partial charge in [0.1, 0.15) is 13.2 Å². The molecule has 0 aliphatic heterocycles. The predicted molar refractivity (Wildman–Crippen MR) is 364 cm³/mol. The lowest BCUT2D eigenvalue weighted by atomic mass is 10.0. The Morgan fingerprint density at radius 3 is 1.05 bits per heavy atom. The van der Waals surface area contributed by atoms with E-state index in [4.69, 9.17) is 9.05 Å². The summed E-state index contributed by atoms with van der Waals surface area (Å²) >= 11 is 0. The van der Waals surface area contributed by atoms with Crippen LogP contribution in [0.25, 0.3) is 0 Å². The lowest BCUT2D eigenvalue weighted by Crippen LogP contribution is -2.45. The number of aliphatic hydroxyl groups is 1. The van der Waals surface area contributed by atoms with Gasteiger partial charge in [-0.3, -0.25) is 13.8 Å². The van der Waals surface area contributed by atoms with Gasteiger partial charge >= 0.3 is 7.82 Å². The SMILES string of the molecule is CCCCCCC/C=C\C/C=C\C/C=C\CCCCCCCCCCCCCCCCCCCCCCC(=O)NC(COP(=O)(O)OCC[N+](C)(C)C)C(O)/C=C/CC/C=C/CC/C=C/CCCCCCCCCCCCCCCCCC. The number of quaternary nitrogens is 1. The van der Waals surface area contributed by atoms with Crippen molar-refractivity contribution in [1.29, 1.82) is 0 Å². The first-order valence-corrected chi connectivity index (χ1v) is 37.3. The third-order valence-electron chi connectivity index (χ3n) is 16.1. The monoisotopic (exact) mass is 1180 g/mol. The Morgan fingerprint density at radius 2 is 0.699 bits per heavy atom. The lowest BCUT2D eigenvalue weighted by molar-refractivity contribution is -0.870. The molecule has 0 fully saturated rings. The van der Waals surface area contributed by atoms with E-state index in [0.717, 1.165) is 57.8 Å². The summed E-state index contributed by atoms with van der Waals surface area (Å²) in [6, 6.07) is -0.873. The van der Waals surface area contributed by atoms with Crippen molar-refractivity contribution in [2.24, 2.45) is 0 Å². The van der Waals surface area contributed by atoms with Crippen LogP contribution in [0.5, 0.6) is 0 Å². The van der Waals surface area contributed by atoms with Crippen LogP contribution >= 0.6 is 7.82 Å². The van der Waals surface area contributed by atoms with Crippen molar-refractivity contribution in [2.75, 3.05) is 40.9 Å². The summed E-state index contributed by atoms with van der Waals surface area (Å²) in [4.78, 5) is 23.4. The average molecular weight is 1180 g/mol. The molecule has 0 aliphatic rings. The second kappa shape index (κ2) is 64.4. The Morgan fingerprint density at radius 1 is 0.410 bits per heavy atom. The number of unbranched alkanes of at least 4 members (excludes halogenated alkanes) is 43. The van der Waals surface area contributed by atoms with E-state index in [0.29, 0.717) is 17.4 Å². The summed E-state index contributed by atoms with van der Waals surface area (Å²) < 4.78 is 23.8. The van der Waals surface area contributed by atoms with Crippen LogP contribution in [0.4, 0.5) is 0 Å². The molecule has 3 unspecified atom stereocenters. The van der Waals surface area contributed by atoms with Gasteiger partial charge in [0.2, 0.25) is 5.91 Å². The number of nitrogens with one attached hydrogen (secondary N) is 1. The maximum atomic E-state index is 13.1. The van der Waals surface area contributed by atoms with Crippen molar-refractivity contribution in [3.8, 4) is 0 Å². The number of hydrogen-bond acceptors (Lipinski definition) is 5. The molecule has 0 saturated carbocycles. The maximum absolute atomic E-state index is 13.1. The number of phosphoric ester groups is 1. The molecule has 0 radical (unpaired) electrons. The summed E-state index contributed by atoms with van der Waals surface area (Å²) in [7, 11) is 1.55. The first kappa shape index (κ1) is 80.9. The van der Waals surface area contributed by atoms with Crippen molar-refractivity contribution in [3.63, 3.8) is 0 Å². The molecule has 3 atom stereocenters. The zero-order chi connectivity index (χ0) is 60.5. The largest absolute Gasteiger partial charge is 0.472 e. The highest BCUT2D eigenvalue weighted by Gasteiger charge is 2.28. The van der Waals surface area contributed by atoms with E-state index in [-0.39, 0.29) is 19.1 Å². The van der Waals surface area contributed by atoms with Crippen LogP contribution in [0.3, 0.4) is 0 Å². The molecular weight excluding hydrogens is 1040 g/mol. The molecule has 0 spiro atoms. The molecule has 0 aromatic heterocycles. The number of aliphatic hydroxyl groups excluding tert-OH is 1. The molecule has 0 saturated heterocycles. The highest BCUT2D eigenvalue weighted by molar-refractivity contribution is 7.47. The van der Waals surface area contributed by atoms with Crippen LogP contribution in [0.2, 0.25) is 0 Å². The minimum Gasteiger partial charge on any atom is -0.387 e. The molecular formula is C74H140N2O6P+. The zero-order valence-electron chi connectivity index (χ0n) is 55.7. The number of carbonyl (C=O) groups is 1. The average Bonchev–Trinajstić information content (AvgIpc) is 3.49. The Labute approximate surface area is 516 Å². The third kappa shape index (κ3) is 67.3. The summed E-state index contributed by atoms with van der Waals surface area (Å²) in [5.74, 6) is -0.187. The number of nitrogens with zero attached hydrogens (tertiary/aromatic N) is 1. The van der Waals surface area contributed by atoms with Gasteiger partial charge in [-0.1, -0.05) is 324 Å². The minimum absolute atomic E-state index is 0.0529. The van der Waals surface area contributed by atoms with Crippen LogP contribution in [-0.4, -0.2) is 73.4 Å². The molecule has 8 nitrogen and oxygen atoms in total. The maximum Gasteiger partial charge on any atom is 0.472 e. The molecule has 486 valence electrons. The number of amides is 1. The van der Waals surface area contributed by atoms with Gasteiger partial charge in [-0.2, -0.15) is 0 Å². The fraction of sp³-hybridized carbons (Fsp3) is 0.824. The molecule has 0 rings (SSSR count). The van der Waals surface area contributed by atoms with Gasteiger partial charge < -0.3 is 19.8 Å². The van der Waals surface area contributed by atoms with Crippen molar-refractivity contribution < 1.29 is 32.9 Å². The van der Waals surface area contributed by atoms with Crippen molar-refractivity contribution >= 4 is 13.7 Å². The van der Waals surface area contributed by atoms with Crippen LogP contribution in [0.1, 0.15) is 341 Å². The highest BCUT2D eigenvalue weighted by Crippen LogP contribution is 2.43. The topological polar surface area (TPSA) is 105 Å². The fourth-order valence-corrected chi connectivity index (χ4v) is 11.3. The highest BCUT2D eigenvalue weighted by atomic mass is 31.2. The van der Waals surface area contributed by atoms with Gasteiger partial charge in [0.15, 0.2) is 0 Å². The van der Waals surface area contributed by atoms with E-state index in [9.17, 15) is 19.4 Å². The number of allylic oxidation sites excluding steroid dienone is 11. The number of rotatable bonds is 66. The summed E-state index contributed by atoms with van der Waals surface area (Å²) in [5, 5.41) is 14.0. The molecule has 9 heteroatoms. The Balaban J connectivity index is 4.08. The van der Waals surface area contributed by atoms with Gasteiger partial charge in [-0.05, 0) is 83.5 Å². The first-order chi connectivity index (χ1) is 40.5. The standard InChI is InChI=1S/C74H139N2O6P/c1-6-8-10-12-14-16-18-20-22-24-26-28-30-32-34-35-36-37-38-39-40-41-42-44-46-48-50-52-54-56-58-60-62-64-66-68-74(78)75-72(71-82-83(79,80)81-70-69-76(3,4)5)73(77)67-65-63-61-59-57-55-53-51-49-47-45-43-33-31-29-27-25-23-21-19-17-15-13-11-9-7-2/h18,20,24,26,30,32,49,51,57,59,65,67,72-73,77H,6-17,19,21-23,25,27-29,31,33-48,50,52-56,58,60-64,66,68-71H2,1-5H3,(H-,75,78,79,80)/p+1/b20-18-,26-24-,32-30-,51-49+,59-57+,67-65+. The van der Waals surface area contributed by atoms with E-state index in [1.807, 2.05) is 27.2 Å². The zero-order valence-corrected chi connectivity index (χ0v) is 56.6. The normalized spacial score (nSPS) is 14.1. The Bertz CT molecular complexity index is 1580. The predicted octanol–water partition coefficient (Wildman–Crippen LogP) is 22.9. The molecule has 0 aromatic carbocycles.